The van der Waals surface area contributed by atoms with E-state index >= 15 is 0 Å². The van der Waals surface area contributed by atoms with Crippen molar-refractivity contribution < 1.29 is 19.1 Å². The van der Waals surface area contributed by atoms with Crippen LogP contribution in [0.4, 0.5) is 0 Å². The van der Waals surface area contributed by atoms with Gasteiger partial charge in [-0.1, -0.05) is 68.2 Å². The molecular weight excluding hydrogens is 597 g/mol. The van der Waals surface area contributed by atoms with Crippen LogP contribution >= 0.6 is 23.2 Å². The number of carbonyl (C=O) groups is 3. The maximum absolute atomic E-state index is 13.7. The molecule has 0 bridgehead atoms. The quantitative estimate of drug-likeness (QED) is 0.226. The van der Waals surface area contributed by atoms with Gasteiger partial charge in [-0.05, 0) is 86.4 Å². The Labute approximate surface area is 273 Å². The van der Waals surface area contributed by atoms with E-state index in [1.165, 1.54) is 4.90 Å². The van der Waals surface area contributed by atoms with Crippen LogP contribution in [0.1, 0.15) is 57.6 Å². The molecule has 2 N–H and O–H groups in total. The van der Waals surface area contributed by atoms with Gasteiger partial charge in [0.05, 0.1) is 24.7 Å². The van der Waals surface area contributed by atoms with E-state index in [2.05, 4.69) is 10.6 Å². The summed E-state index contributed by atoms with van der Waals surface area (Å²) in [7, 11) is 3.41. The normalized spacial score (nSPS) is 18.9. The van der Waals surface area contributed by atoms with Crippen molar-refractivity contribution in [1.29, 1.82) is 0 Å². The number of hydrogen-bond donors (Lipinski definition) is 2. The van der Waals surface area contributed by atoms with Crippen molar-refractivity contribution in [1.82, 2.24) is 15.5 Å². The molecule has 0 spiro atoms. The number of likely N-dealkylation sites (N-methyl/N-ethyl adjacent to an activating group) is 1. The summed E-state index contributed by atoms with van der Waals surface area (Å²) in [5, 5.41) is 8.07. The van der Waals surface area contributed by atoms with Gasteiger partial charge in [0, 0.05) is 42.6 Å². The fraction of sp³-hybridized carbons (Fsp3) is 0.571. The number of nitrogens with one attached hydrogen (secondary N) is 2. The molecule has 44 heavy (non-hydrogen) atoms. The third kappa shape index (κ3) is 11.9. The minimum atomic E-state index is -0.491. The SMILES string of the molecule is CC(C)C(=O)[C@@H](Cc1ccc(Cl)cc1)NCCC1CCOC(CC(C)C(=O)[C@@H](Cc2ccc(Cl)cc2)NCC(=O)N(C)C)C1. The van der Waals surface area contributed by atoms with Crippen LogP contribution in [0.15, 0.2) is 48.5 Å². The van der Waals surface area contributed by atoms with E-state index in [0.717, 1.165) is 36.9 Å². The summed E-state index contributed by atoms with van der Waals surface area (Å²) in [4.78, 5) is 40.4. The highest BCUT2D eigenvalue weighted by Gasteiger charge is 2.30. The smallest absolute Gasteiger partial charge is 0.236 e. The second kappa shape index (κ2) is 18.0. The van der Waals surface area contributed by atoms with Crippen LogP contribution in [0.25, 0.3) is 0 Å². The van der Waals surface area contributed by atoms with Gasteiger partial charge in [-0.2, -0.15) is 0 Å². The lowest BCUT2D eigenvalue weighted by atomic mass is 9.85. The monoisotopic (exact) mass is 645 g/mol. The Bertz CT molecular complexity index is 1200. The topological polar surface area (TPSA) is 87.7 Å². The molecule has 9 heteroatoms. The number of carbonyl (C=O) groups excluding carboxylic acids is 3. The summed E-state index contributed by atoms with van der Waals surface area (Å²) in [6, 6.07) is 14.4. The van der Waals surface area contributed by atoms with E-state index < -0.39 is 6.04 Å². The minimum Gasteiger partial charge on any atom is -0.378 e. The number of Topliss-reactive ketones (excluding diaryl/α,β-unsaturated/α-hetero) is 2. The average molecular weight is 647 g/mol. The Morgan fingerprint density at radius 2 is 1.41 bits per heavy atom. The molecule has 0 radical (unpaired) electrons. The molecule has 0 aromatic heterocycles. The van der Waals surface area contributed by atoms with Gasteiger partial charge in [0.1, 0.15) is 0 Å². The van der Waals surface area contributed by atoms with Crippen molar-refractivity contribution in [3.05, 3.63) is 69.7 Å². The van der Waals surface area contributed by atoms with Crippen molar-refractivity contribution in [3.8, 4) is 0 Å². The van der Waals surface area contributed by atoms with Crippen molar-refractivity contribution in [2.45, 2.75) is 77.5 Å². The van der Waals surface area contributed by atoms with Gasteiger partial charge in [-0.3, -0.25) is 19.7 Å². The summed E-state index contributed by atoms with van der Waals surface area (Å²) in [6.07, 6.45) is 4.53. The Balaban J connectivity index is 1.55. The highest BCUT2D eigenvalue weighted by atomic mass is 35.5. The van der Waals surface area contributed by atoms with E-state index in [1.54, 1.807) is 14.1 Å². The second-order valence-corrected chi connectivity index (χ2v) is 13.5. The van der Waals surface area contributed by atoms with E-state index in [-0.39, 0.29) is 48.0 Å². The van der Waals surface area contributed by atoms with E-state index in [1.807, 2.05) is 69.3 Å². The molecule has 1 heterocycles. The largest absolute Gasteiger partial charge is 0.378 e. The van der Waals surface area contributed by atoms with Crippen molar-refractivity contribution in [2.24, 2.45) is 17.8 Å². The number of ketones is 2. The Kier molecular flexibility index (Phi) is 14.8. The maximum atomic E-state index is 13.7. The molecule has 7 nitrogen and oxygen atoms in total. The summed E-state index contributed by atoms with van der Waals surface area (Å²) in [5.74, 6) is 0.384. The van der Waals surface area contributed by atoms with Crippen molar-refractivity contribution in [3.63, 3.8) is 0 Å². The lowest BCUT2D eigenvalue weighted by Crippen LogP contribution is -2.46. The highest BCUT2D eigenvalue weighted by molar-refractivity contribution is 6.30. The molecule has 2 aromatic carbocycles. The van der Waals surface area contributed by atoms with Gasteiger partial charge >= 0.3 is 0 Å². The average Bonchev–Trinajstić information content (AvgIpc) is 2.99. The number of rotatable bonds is 17. The molecule has 1 aliphatic rings. The van der Waals surface area contributed by atoms with Crippen molar-refractivity contribution in [2.75, 3.05) is 33.8 Å². The molecule has 1 aliphatic heterocycles. The standard InChI is InChI=1S/C35H49Cl2N3O4/c1-23(2)34(42)31(20-25-6-10-28(36)11-7-25)38-16-14-27-15-17-44-30(19-27)18-24(3)35(43)32(39-22-33(41)40(4)5)21-26-8-12-29(37)13-9-26/h6-13,23-24,27,30-32,38-39H,14-22H2,1-5H3/t24?,27?,30?,31-,32-/m1/s1. The highest BCUT2D eigenvalue weighted by Crippen LogP contribution is 2.28. The first-order chi connectivity index (χ1) is 20.9. The van der Waals surface area contributed by atoms with Crippen LogP contribution in [0.3, 0.4) is 0 Å². The molecule has 2 aromatic rings. The first-order valence-electron chi connectivity index (χ1n) is 15.8. The van der Waals surface area contributed by atoms with E-state index in [0.29, 0.717) is 41.8 Å². The predicted octanol–water partition coefficient (Wildman–Crippen LogP) is 5.79. The van der Waals surface area contributed by atoms with Crippen LogP contribution in [-0.2, 0) is 32.0 Å². The Hall–Kier alpha value is -2.29. The molecule has 242 valence electrons. The molecule has 3 rings (SSSR count). The molecule has 1 amide bonds. The summed E-state index contributed by atoms with van der Waals surface area (Å²) in [6.45, 7) is 7.35. The van der Waals surface area contributed by atoms with Crippen LogP contribution in [-0.4, -0.2) is 74.4 Å². The van der Waals surface area contributed by atoms with E-state index in [4.69, 9.17) is 27.9 Å². The first kappa shape index (κ1) is 36.2. The maximum Gasteiger partial charge on any atom is 0.236 e. The van der Waals surface area contributed by atoms with Crippen LogP contribution < -0.4 is 10.6 Å². The third-order valence-electron chi connectivity index (χ3n) is 8.48. The molecular formula is C35H49Cl2N3O4. The zero-order valence-corrected chi connectivity index (χ0v) is 28.3. The lowest BCUT2D eigenvalue weighted by molar-refractivity contribution is -0.129. The summed E-state index contributed by atoms with van der Waals surface area (Å²) >= 11 is 12.1. The first-order valence-corrected chi connectivity index (χ1v) is 16.5. The van der Waals surface area contributed by atoms with Gasteiger partial charge in [0.15, 0.2) is 11.6 Å². The molecule has 1 fully saturated rings. The van der Waals surface area contributed by atoms with Crippen LogP contribution in [0.2, 0.25) is 10.0 Å². The zero-order chi connectivity index (χ0) is 32.2. The Morgan fingerprint density at radius 1 is 0.864 bits per heavy atom. The Morgan fingerprint density at radius 3 is 1.93 bits per heavy atom. The summed E-state index contributed by atoms with van der Waals surface area (Å²) < 4.78 is 6.12. The van der Waals surface area contributed by atoms with Crippen LogP contribution in [0.5, 0.6) is 0 Å². The lowest BCUT2D eigenvalue weighted by Gasteiger charge is -2.32. The zero-order valence-electron chi connectivity index (χ0n) is 26.8. The fourth-order valence-electron chi connectivity index (χ4n) is 5.73. The number of hydrogen-bond acceptors (Lipinski definition) is 6. The fourth-order valence-corrected chi connectivity index (χ4v) is 5.98. The minimum absolute atomic E-state index is 0.00514. The van der Waals surface area contributed by atoms with Gasteiger partial charge in [0.25, 0.3) is 0 Å². The number of benzene rings is 2. The van der Waals surface area contributed by atoms with Crippen molar-refractivity contribution >= 4 is 40.7 Å². The third-order valence-corrected chi connectivity index (χ3v) is 8.99. The molecule has 0 saturated carbocycles. The van der Waals surface area contributed by atoms with Gasteiger partial charge in [0.2, 0.25) is 5.91 Å². The number of ether oxygens (including phenoxy) is 1. The number of amides is 1. The summed E-state index contributed by atoms with van der Waals surface area (Å²) in [5.41, 5.74) is 2.07. The van der Waals surface area contributed by atoms with Gasteiger partial charge < -0.3 is 15.0 Å². The van der Waals surface area contributed by atoms with Crippen LogP contribution in [0, 0.1) is 17.8 Å². The predicted molar refractivity (Wildman–Crippen MR) is 178 cm³/mol. The molecule has 5 atom stereocenters. The molecule has 1 saturated heterocycles. The number of nitrogens with zero attached hydrogens (tertiary/aromatic N) is 1. The molecule has 0 aliphatic carbocycles. The molecule has 3 unspecified atom stereocenters. The number of halogens is 2. The van der Waals surface area contributed by atoms with Gasteiger partial charge in [-0.25, -0.2) is 0 Å². The second-order valence-electron chi connectivity index (χ2n) is 12.7. The van der Waals surface area contributed by atoms with Gasteiger partial charge in [-0.15, -0.1) is 0 Å². The van der Waals surface area contributed by atoms with E-state index in [9.17, 15) is 14.4 Å².